The second-order valence-electron chi connectivity index (χ2n) is 8.13. The van der Waals surface area contributed by atoms with Crippen LogP contribution in [0.25, 0.3) is 10.6 Å². The number of hydrogen-bond acceptors (Lipinski definition) is 4. The average molecular weight is 369 g/mol. The van der Waals surface area contributed by atoms with Gasteiger partial charge >= 0.3 is 0 Å². The molecule has 26 heavy (non-hydrogen) atoms. The monoisotopic (exact) mass is 368 g/mol. The van der Waals surface area contributed by atoms with Gasteiger partial charge in [0.2, 0.25) is 0 Å². The van der Waals surface area contributed by atoms with Gasteiger partial charge in [0.25, 0.3) is 5.91 Å². The van der Waals surface area contributed by atoms with E-state index in [1.807, 2.05) is 18.2 Å². The standard InChI is InChI=1S/C21H24N2O2S/c1-13(24)15-6-4-5-7-16(15)19-22-17(12-26-19)18(25)23-21(3)14-8-10-20(21,2)11-9-14/h4-7,12,14H,8-11H2,1-3H3,(H,23,25). The van der Waals surface area contributed by atoms with E-state index in [-0.39, 0.29) is 22.6 Å². The van der Waals surface area contributed by atoms with Gasteiger partial charge in [-0.25, -0.2) is 4.98 Å². The summed E-state index contributed by atoms with van der Waals surface area (Å²) >= 11 is 1.41. The van der Waals surface area contributed by atoms with Crippen molar-refractivity contribution in [1.82, 2.24) is 10.3 Å². The van der Waals surface area contributed by atoms with Gasteiger partial charge in [0.05, 0.1) is 0 Å². The first-order valence-electron chi connectivity index (χ1n) is 9.22. The molecular formula is C21H24N2O2S. The van der Waals surface area contributed by atoms with E-state index in [9.17, 15) is 9.59 Å². The Hall–Kier alpha value is -2.01. The van der Waals surface area contributed by atoms with Gasteiger partial charge in [-0.15, -0.1) is 11.3 Å². The number of aromatic nitrogens is 1. The summed E-state index contributed by atoms with van der Waals surface area (Å²) in [6.45, 7) is 6.06. The molecule has 1 unspecified atom stereocenters. The molecule has 1 aromatic carbocycles. The van der Waals surface area contributed by atoms with Crippen molar-refractivity contribution in [3.8, 4) is 10.6 Å². The smallest absolute Gasteiger partial charge is 0.271 e. The Morgan fingerprint density at radius 2 is 1.88 bits per heavy atom. The lowest BCUT2D eigenvalue weighted by atomic mass is 9.76. The van der Waals surface area contributed by atoms with E-state index in [0.717, 1.165) is 5.56 Å². The van der Waals surface area contributed by atoms with Gasteiger partial charge in [0.1, 0.15) is 10.7 Å². The van der Waals surface area contributed by atoms with Crippen molar-refractivity contribution < 1.29 is 9.59 Å². The van der Waals surface area contributed by atoms with E-state index in [4.69, 9.17) is 0 Å². The summed E-state index contributed by atoms with van der Waals surface area (Å²) in [5.41, 5.74) is 1.92. The van der Waals surface area contributed by atoms with Crippen molar-refractivity contribution in [1.29, 1.82) is 0 Å². The molecule has 2 fully saturated rings. The van der Waals surface area contributed by atoms with Crippen molar-refractivity contribution in [2.45, 2.75) is 52.0 Å². The molecule has 4 nitrogen and oxygen atoms in total. The van der Waals surface area contributed by atoms with Crippen LogP contribution >= 0.6 is 11.3 Å². The van der Waals surface area contributed by atoms with Crippen LogP contribution in [0.3, 0.4) is 0 Å². The predicted molar refractivity (Wildman–Crippen MR) is 103 cm³/mol. The van der Waals surface area contributed by atoms with Crippen LogP contribution in [0.2, 0.25) is 0 Å². The van der Waals surface area contributed by atoms with E-state index in [1.165, 1.54) is 37.0 Å². The molecule has 2 bridgehead atoms. The van der Waals surface area contributed by atoms with Gasteiger partial charge < -0.3 is 5.32 Å². The Bertz CT molecular complexity index is 880. The molecule has 1 aromatic heterocycles. The van der Waals surface area contributed by atoms with Crippen LogP contribution < -0.4 is 5.32 Å². The first kappa shape index (κ1) is 17.4. The SMILES string of the molecule is CC(=O)c1ccccc1-c1nc(C(=O)NC2(C)C3CCC2(C)CC3)cs1. The number of nitrogens with one attached hydrogen (secondary N) is 1. The molecule has 4 rings (SSSR count). The predicted octanol–water partition coefficient (Wildman–Crippen LogP) is 4.71. The number of nitrogens with zero attached hydrogens (tertiary/aromatic N) is 1. The Balaban J connectivity index is 1.60. The van der Waals surface area contributed by atoms with Crippen LogP contribution in [0.1, 0.15) is 67.3 Å². The number of Topliss-reactive ketones (excluding diaryl/α,β-unsaturated/α-hetero) is 1. The minimum Gasteiger partial charge on any atom is -0.345 e. The molecule has 2 aliphatic carbocycles. The third-order valence-electron chi connectivity index (χ3n) is 6.81. The number of rotatable bonds is 4. The minimum atomic E-state index is -0.148. The topological polar surface area (TPSA) is 59.1 Å². The summed E-state index contributed by atoms with van der Waals surface area (Å²) in [5, 5.41) is 5.82. The van der Waals surface area contributed by atoms with E-state index in [0.29, 0.717) is 22.2 Å². The Kier molecular flexibility index (Phi) is 4.03. The Morgan fingerprint density at radius 3 is 2.50 bits per heavy atom. The zero-order valence-electron chi connectivity index (χ0n) is 15.5. The number of amides is 1. The first-order chi connectivity index (χ1) is 12.3. The van der Waals surface area contributed by atoms with Crippen molar-refractivity contribution >= 4 is 23.0 Å². The van der Waals surface area contributed by atoms with Crippen molar-refractivity contribution in [3.63, 3.8) is 0 Å². The van der Waals surface area contributed by atoms with Gasteiger partial charge in [0.15, 0.2) is 5.78 Å². The zero-order valence-corrected chi connectivity index (χ0v) is 16.3. The Morgan fingerprint density at radius 1 is 1.19 bits per heavy atom. The number of ketones is 1. The van der Waals surface area contributed by atoms with Crippen LogP contribution in [0.15, 0.2) is 29.6 Å². The molecule has 2 aromatic rings. The fourth-order valence-corrected chi connectivity index (χ4v) is 5.71. The molecule has 5 heteroatoms. The molecule has 1 N–H and O–H groups in total. The van der Waals surface area contributed by atoms with Crippen LogP contribution in [0.4, 0.5) is 0 Å². The quantitative estimate of drug-likeness (QED) is 0.795. The molecule has 136 valence electrons. The van der Waals surface area contributed by atoms with E-state index < -0.39 is 0 Å². The maximum Gasteiger partial charge on any atom is 0.271 e. The van der Waals surface area contributed by atoms with Crippen molar-refractivity contribution in [3.05, 3.63) is 40.9 Å². The number of hydrogen-bond donors (Lipinski definition) is 1. The highest BCUT2D eigenvalue weighted by molar-refractivity contribution is 7.13. The van der Waals surface area contributed by atoms with Crippen LogP contribution in [-0.2, 0) is 0 Å². The van der Waals surface area contributed by atoms with Gasteiger partial charge in [-0.1, -0.05) is 31.2 Å². The fourth-order valence-electron chi connectivity index (χ4n) is 4.88. The summed E-state index contributed by atoms with van der Waals surface area (Å²) in [4.78, 5) is 29.3. The summed E-state index contributed by atoms with van der Waals surface area (Å²) in [6, 6.07) is 7.42. The highest BCUT2D eigenvalue weighted by Gasteiger charge is 2.59. The van der Waals surface area contributed by atoms with E-state index in [2.05, 4.69) is 24.1 Å². The van der Waals surface area contributed by atoms with Gasteiger partial charge in [-0.3, -0.25) is 9.59 Å². The summed E-state index contributed by atoms with van der Waals surface area (Å²) < 4.78 is 0. The van der Waals surface area contributed by atoms with Crippen molar-refractivity contribution in [2.24, 2.45) is 11.3 Å². The molecule has 0 aliphatic heterocycles. The number of thiazole rings is 1. The number of carbonyl (C=O) groups is 2. The highest BCUT2D eigenvalue weighted by atomic mass is 32.1. The molecule has 2 aliphatic rings. The van der Waals surface area contributed by atoms with Gasteiger partial charge in [0, 0.05) is 22.0 Å². The summed E-state index contributed by atoms with van der Waals surface area (Å²) in [7, 11) is 0. The third kappa shape index (κ3) is 2.52. The number of benzene rings is 1. The fraction of sp³-hybridized carbons (Fsp3) is 0.476. The second-order valence-corrected chi connectivity index (χ2v) is 8.99. The number of fused-ring (bicyclic) bond motifs is 2. The lowest BCUT2D eigenvalue weighted by Gasteiger charge is -2.38. The molecule has 1 amide bonds. The first-order valence-corrected chi connectivity index (χ1v) is 10.1. The summed E-state index contributed by atoms with van der Waals surface area (Å²) in [5.74, 6) is 0.466. The maximum absolute atomic E-state index is 12.9. The molecular weight excluding hydrogens is 344 g/mol. The molecule has 2 saturated carbocycles. The Labute approximate surface area is 158 Å². The van der Waals surface area contributed by atoms with E-state index in [1.54, 1.807) is 18.4 Å². The summed E-state index contributed by atoms with van der Waals surface area (Å²) in [6.07, 6.45) is 4.76. The molecule has 1 heterocycles. The van der Waals surface area contributed by atoms with Crippen LogP contribution in [0, 0.1) is 11.3 Å². The third-order valence-corrected chi connectivity index (χ3v) is 7.68. The van der Waals surface area contributed by atoms with Crippen LogP contribution in [-0.4, -0.2) is 22.2 Å². The number of carbonyl (C=O) groups excluding carboxylic acids is 2. The highest BCUT2D eigenvalue weighted by Crippen LogP contribution is 2.60. The molecule has 0 saturated heterocycles. The largest absolute Gasteiger partial charge is 0.345 e. The lowest BCUT2D eigenvalue weighted by Crippen LogP contribution is -2.54. The second kappa shape index (κ2) is 6.02. The molecule has 0 spiro atoms. The molecule has 0 radical (unpaired) electrons. The van der Waals surface area contributed by atoms with Gasteiger partial charge in [-0.2, -0.15) is 0 Å². The zero-order chi connectivity index (χ0) is 18.5. The normalized spacial score (nSPS) is 29.7. The van der Waals surface area contributed by atoms with Gasteiger partial charge in [-0.05, 0) is 50.9 Å². The van der Waals surface area contributed by atoms with Crippen LogP contribution in [0.5, 0.6) is 0 Å². The van der Waals surface area contributed by atoms with Crippen molar-refractivity contribution in [2.75, 3.05) is 0 Å². The maximum atomic E-state index is 12.9. The lowest BCUT2D eigenvalue weighted by molar-refractivity contribution is 0.0817. The average Bonchev–Trinajstić information content (AvgIpc) is 3.26. The molecule has 1 atom stereocenters. The van der Waals surface area contributed by atoms with E-state index >= 15 is 0 Å². The minimum absolute atomic E-state index is 0.00442.